The van der Waals surface area contributed by atoms with Gasteiger partial charge in [0.1, 0.15) is 11.6 Å². The van der Waals surface area contributed by atoms with Crippen LogP contribution in [-0.4, -0.2) is 21.9 Å². The fourth-order valence-electron chi connectivity index (χ4n) is 1.55. The molecule has 0 amide bonds. The number of methoxy groups -OCH3 is 1. The van der Waals surface area contributed by atoms with E-state index in [1.54, 1.807) is 11.7 Å². The summed E-state index contributed by atoms with van der Waals surface area (Å²) in [6.07, 6.45) is 0.753. The summed E-state index contributed by atoms with van der Waals surface area (Å²) >= 11 is 9.54. The third kappa shape index (κ3) is 2.30. The minimum Gasteiger partial charge on any atom is -0.497 e. The molecule has 0 aliphatic carbocycles. The molecule has 0 N–H and O–H groups in total. The second-order valence-corrected chi connectivity index (χ2v) is 4.58. The second kappa shape index (κ2) is 5.06. The van der Waals surface area contributed by atoms with Gasteiger partial charge in [0.2, 0.25) is 5.28 Å². The Labute approximate surface area is 113 Å². The van der Waals surface area contributed by atoms with Gasteiger partial charge in [0, 0.05) is 17.0 Å². The average molecular weight is 317 g/mol. The van der Waals surface area contributed by atoms with E-state index in [-0.39, 0.29) is 0 Å². The topological polar surface area (TPSA) is 39.9 Å². The number of aromatic nitrogens is 3. The number of benzene rings is 1. The molecule has 1 aromatic heterocycles. The molecule has 0 radical (unpaired) electrons. The minimum absolute atomic E-state index is 0.343. The molecule has 17 heavy (non-hydrogen) atoms. The first kappa shape index (κ1) is 12.4. The van der Waals surface area contributed by atoms with Crippen molar-refractivity contribution in [2.45, 2.75) is 13.3 Å². The van der Waals surface area contributed by atoms with Crippen LogP contribution in [0.4, 0.5) is 0 Å². The minimum atomic E-state index is 0.343. The standard InChI is InChI=1S/C11H11BrClN3O/c1-3-10-14-15-11(13)16(10)9-6-7(17-2)4-5-8(9)12/h4-6H,3H2,1-2H3. The van der Waals surface area contributed by atoms with Crippen LogP contribution in [0.1, 0.15) is 12.7 Å². The molecule has 0 aliphatic heterocycles. The van der Waals surface area contributed by atoms with Crippen molar-refractivity contribution >= 4 is 27.5 Å². The second-order valence-electron chi connectivity index (χ2n) is 3.39. The van der Waals surface area contributed by atoms with Gasteiger partial charge in [-0.3, -0.25) is 4.57 Å². The molecule has 4 nitrogen and oxygen atoms in total. The summed E-state index contributed by atoms with van der Waals surface area (Å²) in [4.78, 5) is 0. The molecule has 0 spiro atoms. The number of ether oxygens (including phenoxy) is 1. The van der Waals surface area contributed by atoms with Crippen molar-refractivity contribution in [1.29, 1.82) is 0 Å². The van der Waals surface area contributed by atoms with Crippen LogP contribution in [0.2, 0.25) is 5.28 Å². The van der Waals surface area contributed by atoms with Crippen LogP contribution in [0.5, 0.6) is 5.75 Å². The summed E-state index contributed by atoms with van der Waals surface area (Å²) in [5.41, 5.74) is 0.871. The summed E-state index contributed by atoms with van der Waals surface area (Å²) in [7, 11) is 1.63. The van der Waals surface area contributed by atoms with Crippen molar-refractivity contribution in [3.8, 4) is 11.4 Å². The predicted octanol–water partition coefficient (Wildman–Crippen LogP) is 3.25. The number of aryl methyl sites for hydroxylation is 1. The summed E-state index contributed by atoms with van der Waals surface area (Å²) in [6.45, 7) is 2.00. The Kier molecular flexibility index (Phi) is 3.69. The molecule has 2 aromatic rings. The van der Waals surface area contributed by atoms with Gasteiger partial charge in [-0.25, -0.2) is 0 Å². The first-order valence-corrected chi connectivity index (χ1v) is 6.28. The first-order valence-electron chi connectivity index (χ1n) is 5.11. The maximum Gasteiger partial charge on any atom is 0.229 e. The van der Waals surface area contributed by atoms with Crippen LogP contribution in [0.3, 0.4) is 0 Å². The number of hydrogen-bond acceptors (Lipinski definition) is 3. The van der Waals surface area contributed by atoms with E-state index >= 15 is 0 Å². The highest BCUT2D eigenvalue weighted by Crippen LogP contribution is 2.28. The Morgan fingerprint density at radius 2 is 2.18 bits per heavy atom. The molecule has 0 saturated heterocycles. The van der Waals surface area contributed by atoms with E-state index in [0.29, 0.717) is 5.28 Å². The van der Waals surface area contributed by atoms with E-state index in [1.807, 2.05) is 25.1 Å². The molecule has 2 rings (SSSR count). The zero-order valence-electron chi connectivity index (χ0n) is 9.44. The van der Waals surface area contributed by atoms with Crippen LogP contribution in [0.25, 0.3) is 5.69 Å². The molecule has 1 aromatic carbocycles. The molecule has 0 atom stereocenters. The first-order chi connectivity index (χ1) is 8.17. The fourth-order valence-corrected chi connectivity index (χ4v) is 2.20. The van der Waals surface area contributed by atoms with Gasteiger partial charge in [-0.15, -0.1) is 10.2 Å². The maximum absolute atomic E-state index is 6.05. The van der Waals surface area contributed by atoms with Gasteiger partial charge in [-0.2, -0.15) is 0 Å². The molecule has 0 fully saturated rings. The average Bonchev–Trinajstić information content (AvgIpc) is 2.71. The zero-order chi connectivity index (χ0) is 12.4. The van der Waals surface area contributed by atoms with Crippen LogP contribution in [0.15, 0.2) is 22.7 Å². The molecular weight excluding hydrogens is 305 g/mol. The number of hydrogen-bond donors (Lipinski definition) is 0. The molecule has 0 unspecified atom stereocenters. The third-order valence-corrected chi connectivity index (χ3v) is 3.32. The quantitative estimate of drug-likeness (QED) is 0.872. The molecule has 1 heterocycles. The SMILES string of the molecule is CCc1nnc(Cl)n1-c1cc(OC)ccc1Br. The largest absolute Gasteiger partial charge is 0.497 e. The normalized spacial score (nSPS) is 10.6. The van der Waals surface area contributed by atoms with Crippen LogP contribution < -0.4 is 4.74 Å². The highest BCUT2D eigenvalue weighted by Gasteiger charge is 2.13. The lowest BCUT2D eigenvalue weighted by molar-refractivity contribution is 0.414. The Hall–Kier alpha value is -1.07. The van der Waals surface area contributed by atoms with Crippen LogP contribution >= 0.6 is 27.5 Å². The van der Waals surface area contributed by atoms with E-state index in [9.17, 15) is 0 Å². The smallest absolute Gasteiger partial charge is 0.229 e. The van der Waals surface area contributed by atoms with Crippen molar-refractivity contribution in [1.82, 2.24) is 14.8 Å². The third-order valence-electron chi connectivity index (χ3n) is 2.40. The van der Waals surface area contributed by atoms with Gasteiger partial charge in [0.25, 0.3) is 0 Å². The molecule has 0 aliphatic rings. The van der Waals surface area contributed by atoms with Gasteiger partial charge < -0.3 is 4.74 Å². The van der Waals surface area contributed by atoms with Crippen molar-refractivity contribution in [2.24, 2.45) is 0 Å². The molecule has 0 saturated carbocycles. The highest BCUT2D eigenvalue weighted by atomic mass is 79.9. The van der Waals surface area contributed by atoms with Crippen LogP contribution in [-0.2, 0) is 6.42 Å². The fraction of sp³-hybridized carbons (Fsp3) is 0.273. The summed E-state index contributed by atoms with van der Waals surface area (Å²) in [5.74, 6) is 1.57. The van der Waals surface area contributed by atoms with Crippen molar-refractivity contribution in [3.63, 3.8) is 0 Å². The molecule has 0 bridgehead atoms. The van der Waals surface area contributed by atoms with Crippen LogP contribution in [0, 0.1) is 0 Å². The summed E-state index contributed by atoms with van der Waals surface area (Å²) in [5, 5.41) is 8.25. The van der Waals surface area contributed by atoms with E-state index in [2.05, 4.69) is 26.1 Å². The Morgan fingerprint density at radius 3 is 2.82 bits per heavy atom. The Balaban J connectivity index is 2.62. The summed E-state index contributed by atoms with van der Waals surface area (Å²) in [6, 6.07) is 5.67. The predicted molar refractivity (Wildman–Crippen MR) is 70.0 cm³/mol. The zero-order valence-corrected chi connectivity index (χ0v) is 11.8. The van der Waals surface area contributed by atoms with Gasteiger partial charge in [-0.05, 0) is 39.7 Å². The molecular formula is C11H11BrClN3O. The van der Waals surface area contributed by atoms with Crippen molar-refractivity contribution in [3.05, 3.63) is 33.8 Å². The highest BCUT2D eigenvalue weighted by molar-refractivity contribution is 9.10. The van der Waals surface area contributed by atoms with Gasteiger partial charge in [0.05, 0.1) is 12.8 Å². The van der Waals surface area contributed by atoms with Gasteiger partial charge >= 0.3 is 0 Å². The Bertz CT molecular complexity index is 542. The van der Waals surface area contributed by atoms with E-state index in [1.165, 1.54) is 0 Å². The maximum atomic E-state index is 6.05. The summed E-state index contributed by atoms with van der Waals surface area (Å²) < 4.78 is 7.91. The number of halogens is 2. The lowest BCUT2D eigenvalue weighted by Gasteiger charge is -2.10. The number of nitrogens with zero attached hydrogens (tertiary/aromatic N) is 3. The van der Waals surface area contributed by atoms with Crippen molar-refractivity contribution < 1.29 is 4.74 Å². The monoisotopic (exact) mass is 315 g/mol. The lowest BCUT2D eigenvalue weighted by atomic mass is 10.3. The van der Waals surface area contributed by atoms with Gasteiger partial charge in [-0.1, -0.05) is 6.92 Å². The lowest BCUT2D eigenvalue weighted by Crippen LogP contribution is -2.01. The van der Waals surface area contributed by atoms with E-state index < -0.39 is 0 Å². The molecule has 90 valence electrons. The van der Waals surface area contributed by atoms with Gasteiger partial charge in [0.15, 0.2) is 0 Å². The molecule has 6 heteroatoms. The Morgan fingerprint density at radius 1 is 1.41 bits per heavy atom. The van der Waals surface area contributed by atoms with E-state index in [0.717, 1.165) is 28.2 Å². The number of rotatable bonds is 3. The van der Waals surface area contributed by atoms with E-state index in [4.69, 9.17) is 16.3 Å². The van der Waals surface area contributed by atoms with Crippen molar-refractivity contribution in [2.75, 3.05) is 7.11 Å².